The number of rotatable bonds is 1. The predicted molar refractivity (Wildman–Crippen MR) is 81.1 cm³/mol. The summed E-state index contributed by atoms with van der Waals surface area (Å²) in [5, 5.41) is 1.20. The molecule has 2 unspecified atom stereocenters. The van der Waals surface area contributed by atoms with E-state index in [-0.39, 0.29) is 5.56 Å². The number of aromatic nitrogens is 2. The Balaban J connectivity index is 2.08. The largest absolute Gasteiger partial charge is 0.338 e. The van der Waals surface area contributed by atoms with Gasteiger partial charge in [-0.3, -0.25) is 9.78 Å². The molecule has 2 heterocycles. The zero-order chi connectivity index (χ0) is 13.4. The molecule has 0 saturated carbocycles. The third kappa shape index (κ3) is 2.23. The van der Waals surface area contributed by atoms with Gasteiger partial charge in [0.2, 0.25) is 5.95 Å². The molecule has 0 radical (unpaired) electrons. The van der Waals surface area contributed by atoms with Crippen LogP contribution in [0.3, 0.4) is 0 Å². The Morgan fingerprint density at radius 1 is 1.37 bits per heavy atom. The van der Waals surface area contributed by atoms with Crippen LogP contribution < -0.4 is 10.5 Å². The molecule has 2 aromatic rings. The van der Waals surface area contributed by atoms with Gasteiger partial charge in [-0.1, -0.05) is 19.1 Å². The average Bonchev–Trinajstić information content (AvgIpc) is 2.42. The fourth-order valence-electron chi connectivity index (χ4n) is 2.44. The van der Waals surface area contributed by atoms with E-state index in [9.17, 15) is 4.79 Å². The van der Waals surface area contributed by atoms with Crippen LogP contribution in [0.25, 0.3) is 10.9 Å². The van der Waals surface area contributed by atoms with Crippen LogP contribution in [0.1, 0.15) is 13.8 Å². The first-order chi connectivity index (χ1) is 9.16. The van der Waals surface area contributed by atoms with Gasteiger partial charge in [-0.25, -0.2) is 4.98 Å². The van der Waals surface area contributed by atoms with Crippen molar-refractivity contribution in [3.8, 4) is 0 Å². The summed E-state index contributed by atoms with van der Waals surface area (Å²) >= 11 is 1.97. The number of nitrogens with one attached hydrogen (secondary N) is 1. The molecule has 100 valence electrons. The highest BCUT2D eigenvalue weighted by Gasteiger charge is 2.27. The summed E-state index contributed by atoms with van der Waals surface area (Å²) in [6, 6.07) is 7.85. The van der Waals surface area contributed by atoms with E-state index < -0.39 is 0 Å². The van der Waals surface area contributed by atoms with Gasteiger partial charge in [-0.15, -0.1) is 0 Å². The maximum absolute atomic E-state index is 12.1. The van der Waals surface area contributed by atoms with Gasteiger partial charge in [-0.05, 0) is 19.1 Å². The predicted octanol–water partition coefficient (Wildman–Crippen LogP) is 2.25. The number of hydrogen-bond acceptors (Lipinski definition) is 4. The lowest BCUT2D eigenvalue weighted by atomic mass is 10.2. The molecular formula is C14H17N3OS. The van der Waals surface area contributed by atoms with Crippen molar-refractivity contribution in [2.45, 2.75) is 25.1 Å². The monoisotopic (exact) mass is 275 g/mol. The molecule has 5 heteroatoms. The Hall–Kier alpha value is -1.49. The Morgan fingerprint density at radius 2 is 2.16 bits per heavy atom. The highest BCUT2D eigenvalue weighted by atomic mass is 32.2. The van der Waals surface area contributed by atoms with Gasteiger partial charge in [0.1, 0.15) is 0 Å². The van der Waals surface area contributed by atoms with Gasteiger partial charge in [-0.2, -0.15) is 11.8 Å². The maximum Gasteiger partial charge on any atom is 0.260 e. The van der Waals surface area contributed by atoms with E-state index in [1.54, 1.807) is 0 Å². The van der Waals surface area contributed by atoms with Crippen molar-refractivity contribution in [2.24, 2.45) is 0 Å². The molecule has 0 spiro atoms. The van der Waals surface area contributed by atoms with E-state index in [2.05, 4.69) is 28.7 Å². The molecule has 4 nitrogen and oxygen atoms in total. The quantitative estimate of drug-likeness (QED) is 0.867. The van der Waals surface area contributed by atoms with Crippen LogP contribution in [0.2, 0.25) is 0 Å². The summed E-state index contributed by atoms with van der Waals surface area (Å²) in [5.41, 5.74) is 0.706. The molecule has 1 fully saturated rings. The second-order valence-corrected chi connectivity index (χ2v) is 6.40. The zero-order valence-electron chi connectivity index (χ0n) is 11.1. The minimum Gasteiger partial charge on any atom is -0.338 e. The standard InChI is InChI=1S/C14H17N3OS/c1-9-10(2)19-8-7-17(9)14-15-12-6-4-3-5-11(12)13(18)16-14/h3-6,9-10H,7-8H2,1-2H3,(H,15,16,18). The fourth-order valence-corrected chi connectivity index (χ4v) is 3.54. The average molecular weight is 275 g/mol. The number of benzene rings is 1. The first-order valence-electron chi connectivity index (χ1n) is 6.54. The molecule has 1 aliphatic heterocycles. The van der Waals surface area contributed by atoms with E-state index >= 15 is 0 Å². The Bertz CT molecular complexity index is 654. The summed E-state index contributed by atoms with van der Waals surface area (Å²) in [7, 11) is 0. The SMILES string of the molecule is CC1SCCN(c2nc3ccccc3c(=O)[nH]2)C1C. The summed E-state index contributed by atoms with van der Waals surface area (Å²) in [6.45, 7) is 5.34. The lowest BCUT2D eigenvalue weighted by molar-refractivity contribution is 0.612. The Kier molecular flexibility index (Phi) is 3.22. The molecule has 2 atom stereocenters. The van der Waals surface area contributed by atoms with Crippen molar-refractivity contribution in [1.29, 1.82) is 0 Å². The molecule has 0 amide bonds. The van der Waals surface area contributed by atoms with Crippen LogP contribution in [0.4, 0.5) is 5.95 Å². The molecule has 3 rings (SSSR count). The summed E-state index contributed by atoms with van der Waals surface area (Å²) in [5.74, 6) is 1.77. The zero-order valence-corrected chi connectivity index (χ0v) is 11.9. The number of thioether (sulfide) groups is 1. The number of anilines is 1. The molecule has 1 saturated heterocycles. The fraction of sp³-hybridized carbons (Fsp3) is 0.429. The van der Waals surface area contributed by atoms with E-state index in [0.29, 0.717) is 22.6 Å². The smallest absolute Gasteiger partial charge is 0.260 e. The minimum atomic E-state index is -0.0568. The lowest BCUT2D eigenvalue weighted by Gasteiger charge is -2.37. The number of aromatic amines is 1. The molecule has 0 bridgehead atoms. The van der Waals surface area contributed by atoms with E-state index in [1.165, 1.54) is 0 Å². The first kappa shape index (κ1) is 12.5. The van der Waals surface area contributed by atoms with E-state index in [0.717, 1.165) is 17.8 Å². The van der Waals surface area contributed by atoms with Crippen molar-refractivity contribution in [3.63, 3.8) is 0 Å². The van der Waals surface area contributed by atoms with Crippen LogP contribution in [-0.4, -0.2) is 33.6 Å². The second kappa shape index (κ2) is 4.89. The van der Waals surface area contributed by atoms with Gasteiger partial charge >= 0.3 is 0 Å². The molecule has 1 aromatic carbocycles. The van der Waals surface area contributed by atoms with Crippen molar-refractivity contribution in [3.05, 3.63) is 34.6 Å². The topological polar surface area (TPSA) is 49.0 Å². The normalized spacial score (nSPS) is 23.8. The summed E-state index contributed by atoms with van der Waals surface area (Å²) < 4.78 is 0. The number of H-pyrrole nitrogens is 1. The van der Waals surface area contributed by atoms with Crippen molar-refractivity contribution in [1.82, 2.24) is 9.97 Å². The van der Waals surface area contributed by atoms with Crippen molar-refractivity contribution in [2.75, 3.05) is 17.2 Å². The Morgan fingerprint density at radius 3 is 3.00 bits per heavy atom. The number of nitrogens with zero attached hydrogens (tertiary/aromatic N) is 2. The minimum absolute atomic E-state index is 0.0568. The third-order valence-electron chi connectivity index (χ3n) is 3.76. The van der Waals surface area contributed by atoms with Crippen LogP contribution in [-0.2, 0) is 0 Å². The van der Waals surface area contributed by atoms with E-state index in [4.69, 9.17) is 0 Å². The maximum atomic E-state index is 12.1. The van der Waals surface area contributed by atoms with Crippen LogP contribution >= 0.6 is 11.8 Å². The second-order valence-electron chi connectivity index (χ2n) is 4.92. The molecule has 1 aliphatic rings. The molecule has 1 N–H and O–H groups in total. The van der Waals surface area contributed by atoms with Gasteiger partial charge in [0, 0.05) is 23.6 Å². The highest BCUT2D eigenvalue weighted by molar-refractivity contribution is 8.00. The summed E-state index contributed by atoms with van der Waals surface area (Å²) in [6.07, 6.45) is 0. The van der Waals surface area contributed by atoms with Gasteiger partial charge in [0.25, 0.3) is 5.56 Å². The van der Waals surface area contributed by atoms with Gasteiger partial charge < -0.3 is 4.90 Å². The third-order valence-corrected chi connectivity index (χ3v) is 5.09. The first-order valence-corrected chi connectivity index (χ1v) is 7.59. The molecule has 19 heavy (non-hydrogen) atoms. The van der Waals surface area contributed by atoms with Crippen molar-refractivity contribution >= 4 is 28.6 Å². The number of hydrogen-bond donors (Lipinski definition) is 1. The van der Waals surface area contributed by atoms with Crippen LogP contribution in [0, 0.1) is 0 Å². The van der Waals surface area contributed by atoms with Gasteiger partial charge in [0.15, 0.2) is 0 Å². The molecule has 0 aliphatic carbocycles. The van der Waals surface area contributed by atoms with Gasteiger partial charge in [0.05, 0.1) is 10.9 Å². The van der Waals surface area contributed by atoms with E-state index in [1.807, 2.05) is 36.0 Å². The molecule has 1 aromatic heterocycles. The lowest BCUT2D eigenvalue weighted by Crippen LogP contribution is -2.46. The highest BCUT2D eigenvalue weighted by Crippen LogP contribution is 2.27. The number of para-hydroxylation sites is 1. The van der Waals surface area contributed by atoms with Crippen LogP contribution in [0.5, 0.6) is 0 Å². The summed E-state index contributed by atoms with van der Waals surface area (Å²) in [4.78, 5) is 21.8. The Labute approximate surface area is 116 Å². The number of fused-ring (bicyclic) bond motifs is 1. The van der Waals surface area contributed by atoms with Crippen molar-refractivity contribution < 1.29 is 0 Å². The van der Waals surface area contributed by atoms with Crippen LogP contribution in [0.15, 0.2) is 29.1 Å². The molecular weight excluding hydrogens is 258 g/mol.